The lowest BCUT2D eigenvalue weighted by Gasteiger charge is -2.37. The molecule has 2 heterocycles. The predicted molar refractivity (Wildman–Crippen MR) is 76.7 cm³/mol. The second-order valence-corrected chi connectivity index (χ2v) is 4.99. The van der Waals surface area contributed by atoms with Gasteiger partial charge in [-0.25, -0.2) is 9.78 Å². The minimum Gasteiger partial charge on any atom is -0.465 e. The number of esters is 1. The van der Waals surface area contributed by atoms with Crippen LogP contribution in [0.1, 0.15) is 36.0 Å². The molecule has 1 unspecified atom stereocenters. The van der Waals surface area contributed by atoms with E-state index in [1.807, 2.05) is 0 Å². The van der Waals surface area contributed by atoms with E-state index in [-0.39, 0.29) is 12.6 Å². The number of pyridine rings is 1. The van der Waals surface area contributed by atoms with Gasteiger partial charge in [-0.15, -0.1) is 0 Å². The fraction of sp³-hybridized carbons (Fsp3) is 0.571. The van der Waals surface area contributed by atoms with Crippen molar-refractivity contribution in [2.24, 2.45) is 0 Å². The molecule has 20 heavy (non-hydrogen) atoms. The van der Waals surface area contributed by atoms with E-state index in [1.54, 1.807) is 12.3 Å². The standard InChI is InChI=1S/C14H21N3O3/c1-20-14(19)12-8-10(15)9-16-13(12)17-6-3-2-4-11(17)5-7-18/h8-9,11,18H,2-7,15H2,1H3. The molecule has 0 aliphatic carbocycles. The lowest BCUT2D eigenvalue weighted by Crippen LogP contribution is -2.41. The first kappa shape index (κ1) is 14.6. The van der Waals surface area contributed by atoms with Gasteiger partial charge >= 0.3 is 5.97 Å². The molecule has 1 aliphatic rings. The van der Waals surface area contributed by atoms with Crippen LogP contribution in [0.15, 0.2) is 12.3 Å². The summed E-state index contributed by atoms with van der Waals surface area (Å²) in [6.07, 6.45) is 5.39. The van der Waals surface area contributed by atoms with Gasteiger partial charge in [-0.3, -0.25) is 0 Å². The van der Waals surface area contributed by atoms with Crippen molar-refractivity contribution in [2.75, 3.05) is 30.9 Å². The highest BCUT2D eigenvalue weighted by Gasteiger charge is 2.27. The van der Waals surface area contributed by atoms with Crippen LogP contribution in [-0.2, 0) is 4.74 Å². The number of ether oxygens (including phenoxy) is 1. The number of piperidine rings is 1. The van der Waals surface area contributed by atoms with Crippen LogP contribution >= 0.6 is 0 Å². The van der Waals surface area contributed by atoms with Crippen LogP contribution in [0.25, 0.3) is 0 Å². The number of nitrogens with zero attached hydrogens (tertiary/aromatic N) is 2. The minimum absolute atomic E-state index is 0.129. The van der Waals surface area contributed by atoms with Gasteiger partial charge in [0.1, 0.15) is 11.4 Å². The number of methoxy groups -OCH3 is 1. The maximum atomic E-state index is 11.9. The SMILES string of the molecule is COC(=O)c1cc(N)cnc1N1CCCCC1CCO. The average molecular weight is 279 g/mol. The number of anilines is 2. The highest BCUT2D eigenvalue weighted by molar-refractivity contribution is 5.95. The molecule has 0 spiro atoms. The molecule has 6 nitrogen and oxygen atoms in total. The van der Waals surface area contributed by atoms with Gasteiger partial charge in [0, 0.05) is 19.2 Å². The van der Waals surface area contributed by atoms with Gasteiger partial charge in [-0.2, -0.15) is 0 Å². The molecule has 1 aromatic rings. The van der Waals surface area contributed by atoms with Crippen LogP contribution in [0.4, 0.5) is 11.5 Å². The summed E-state index contributed by atoms with van der Waals surface area (Å²) in [4.78, 5) is 18.3. The molecule has 1 atom stereocenters. The van der Waals surface area contributed by atoms with Crippen LogP contribution in [0, 0.1) is 0 Å². The summed E-state index contributed by atoms with van der Waals surface area (Å²) in [7, 11) is 1.34. The molecule has 1 aliphatic heterocycles. The number of nitrogen functional groups attached to an aromatic ring is 1. The van der Waals surface area contributed by atoms with E-state index >= 15 is 0 Å². The molecular weight excluding hydrogens is 258 g/mol. The van der Waals surface area contributed by atoms with Gasteiger partial charge < -0.3 is 20.5 Å². The molecule has 3 N–H and O–H groups in total. The highest BCUT2D eigenvalue weighted by Crippen LogP contribution is 2.29. The maximum Gasteiger partial charge on any atom is 0.341 e. The van der Waals surface area contributed by atoms with Crippen LogP contribution in [0.3, 0.4) is 0 Å². The van der Waals surface area contributed by atoms with Crippen LogP contribution in [-0.4, -0.2) is 42.4 Å². The second kappa shape index (κ2) is 6.56. The summed E-state index contributed by atoms with van der Waals surface area (Å²) >= 11 is 0. The van der Waals surface area contributed by atoms with Gasteiger partial charge in [0.15, 0.2) is 0 Å². The third-order valence-corrected chi connectivity index (χ3v) is 3.65. The normalized spacial score (nSPS) is 18.9. The number of hydrogen-bond donors (Lipinski definition) is 2. The Morgan fingerprint density at radius 2 is 2.40 bits per heavy atom. The zero-order valence-electron chi connectivity index (χ0n) is 11.7. The fourth-order valence-corrected chi connectivity index (χ4v) is 2.69. The van der Waals surface area contributed by atoms with Crippen molar-refractivity contribution >= 4 is 17.5 Å². The van der Waals surface area contributed by atoms with Crippen molar-refractivity contribution < 1.29 is 14.6 Å². The van der Waals surface area contributed by atoms with Crippen LogP contribution < -0.4 is 10.6 Å². The molecule has 0 aromatic carbocycles. The molecule has 0 bridgehead atoms. The van der Waals surface area contributed by atoms with E-state index in [9.17, 15) is 9.90 Å². The molecule has 110 valence electrons. The number of rotatable bonds is 4. The van der Waals surface area contributed by atoms with E-state index < -0.39 is 5.97 Å². The molecule has 1 aromatic heterocycles. The highest BCUT2D eigenvalue weighted by atomic mass is 16.5. The van der Waals surface area contributed by atoms with Gasteiger partial charge in [-0.1, -0.05) is 0 Å². The van der Waals surface area contributed by atoms with E-state index in [2.05, 4.69) is 9.88 Å². The first-order valence-corrected chi connectivity index (χ1v) is 6.88. The largest absolute Gasteiger partial charge is 0.465 e. The van der Waals surface area contributed by atoms with Gasteiger partial charge in [0.05, 0.1) is 19.0 Å². The minimum atomic E-state index is -0.437. The van der Waals surface area contributed by atoms with E-state index in [4.69, 9.17) is 10.5 Å². The Morgan fingerprint density at radius 1 is 1.60 bits per heavy atom. The zero-order chi connectivity index (χ0) is 14.5. The third kappa shape index (κ3) is 3.01. The Morgan fingerprint density at radius 3 is 3.10 bits per heavy atom. The topological polar surface area (TPSA) is 88.7 Å². The second-order valence-electron chi connectivity index (χ2n) is 4.99. The summed E-state index contributed by atoms with van der Waals surface area (Å²) < 4.78 is 4.81. The van der Waals surface area contributed by atoms with Gasteiger partial charge in [0.25, 0.3) is 0 Å². The number of aromatic nitrogens is 1. The van der Waals surface area contributed by atoms with Crippen molar-refractivity contribution in [3.8, 4) is 0 Å². The molecule has 0 saturated carbocycles. The lowest BCUT2D eigenvalue weighted by molar-refractivity contribution is 0.0601. The van der Waals surface area contributed by atoms with Crippen molar-refractivity contribution in [3.05, 3.63) is 17.8 Å². The van der Waals surface area contributed by atoms with Gasteiger partial charge in [-0.05, 0) is 31.7 Å². The van der Waals surface area contributed by atoms with Crippen LogP contribution in [0.5, 0.6) is 0 Å². The third-order valence-electron chi connectivity index (χ3n) is 3.65. The quantitative estimate of drug-likeness (QED) is 0.805. The van der Waals surface area contributed by atoms with Gasteiger partial charge in [0.2, 0.25) is 0 Å². The first-order valence-electron chi connectivity index (χ1n) is 6.88. The summed E-state index contributed by atoms with van der Waals surface area (Å²) in [6, 6.07) is 1.80. The average Bonchev–Trinajstić information content (AvgIpc) is 2.47. The summed E-state index contributed by atoms with van der Waals surface area (Å²) in [5.74, 6) is 0.164. The van der Waals surface area contributed by atoms with Crippen molar-refractivity contribution in [2.45, 2.75) is 31.7 Å². The Balaban J connectivity index is 2.36. The number of hydrogen-bond acceptors (Lipinski definition) is 6. The van der Waals surface area contributed by atoms with E-state index in [1.165, 1.54) is 7.11 Å². The predicted octanol–water partition coefficient (Wildman–Crippen LogP) is 1.19. The first-order chi connectivity index (χ1) is 9.67. The zero-order valence-corrected chi connectivity index (χ0v) is 11.7. The van der Waals surface area contributed by atoms with Crippen molar-refractivity contribution in [1.29, 1.82) is 0 Å². The number of carbonyl (C=O) groups excluding carboxylic acids is 1. The molecule has 2 rings (SSSR count). The van der Waals surface area contributed by atoms with Crippen molar-refractivity contribution in [3.63, 3.8) is 0 Å². The molecule has 0 amide bonds. The van der Waals surface area contributed by atoms with E-state index in [0.29, 0.717) is 23.5 Å². The number of carbonyl (C=O) groups is 1. The Labute approximate surface area is 118 Å². The number of aliphatic hydroxyl groups excluding tert-OH is 1. The molecule has 0 radical (unpaired) electrons. The molecule has 1 saturated heterocycles. The molecule has 6 heteroatoms. The monoisotopic (exact) mass is 279 g/mol. The fourth-order valence-electron chi connectivity index (χ4n) is 2.69. The molecule has 1 fully saturated rings. The smallest absolute Gasteiger partial charge is 0.341 e. The number of aliphatic hydroxyl groups is 1. The maximum absolute atomic E-state index is 11.9. The van der Waals surface area contributed by atoms with E-state index in [0.717, 1.165) is 25.8 Å². The Kier molecular flexibility index (Phi) is 4.79. The Bertz CT molecular complexity index is 477. The lowest BCUT2D eigenvalue weighted by atomic mass is 9.99. The number of nitrogens with two attached hydrogens (primary N) is 1. The summed E-state index contributed by atoms with van der Waals surface area (Å²) in [6.45, 7) is 0.954. The van der Waals surface area contributed by atoms with Crippen LogP contribution in [0.2, 0.25) is 0 Å². The summed E-state index contributed by atoms with van der Waals surface area (Å²) in [5.41, 5.74) is 6.54. The Hall–Kier alpha value is -1.82. The molecular formula is C14H21N3O3. The summed E-state index contributed by atoms with van der Waals surface area (Å²) in [5, 5.41) is 9.19. The van der Waals surface area contributed by atoms with Crippen molar-refractivity contribution in [1.82, 2.24) is 4.98 Å².